The van der Waals surface area contributed by atoms with Crippen molar-refractivity contribution in [2.24, 2.45) is 10.9 Å². The van der Waals surface area contributed by atoms with Gasteiger partial charge in [-0.2, -0.15) is 0 Å². The first-order valence-electron chi connectivity index (χ1n) is 12.6. The van der Waals surface area contributed by atoms with Gasteiger partial charge in [0, 0.05) is 27.7 Å². The van der Waals surface area contributed by atoms with Crippen LogP contribution in [0.1, 0.15) is 24.5 Å². The van der Waals surface area contributed by atoms with Crippen LogP contribution in [0, 0.1) is 5.92 Å². The molecule has 0 aliphatic heterocycles. The molecule has 176 valence electrons. The highest BCUT2D eigenvalue weighted by Gasteiger charge is 2.20. The zero-order valence-corrected chi connectivity index (χ0v) is 20.4. The van der Waals surface area contributed by atoms with Crippen LogP contribution in [-0.2, 0) is 6.54 Å². The normalized spacial score (nSPS) is 15.9. The first-order valence-corrected chi connectivity index (χ1v) is 12.6. The molecule has 1 atom stereocenters. The zero-order chi connectivity index (χ0) is 24.3. The summed E-state index contributed by atoms with van der Waals surface area (Å²) in [7, 11) is 0. The quantitative estimate of drug-likeness (QED) is 0.197. The van der Waals surface area contributed by atoms with Gasteiger partial charge in [-0.25, -0.2) is 0 Å². The lowest BCUT2D eigenvalue weighted by molar-refractivity contribution is 0.744. The lowest BCUT2D eigenvalue weighted by Crippen LogP contribution is -2.09. The maximum Gasteiger partial charge on any atom is 0.0945 e. The van der Waals surface area contributed by atoms with Gasteiger partial charge in [0.05, 0.1) is 23.9 Å². The van der Waals surface area contributed by atoms with E-state index in [0.29, 0.717) is 12.5 Å². The summed E-state index contributed by atoms with van der Waals surface area (Å²) in [5.74, 6) is 0.473. The molecule has 6 rings (SSSR count). The van der Waals surface area contributed by atoms with Crippen molar-refractivity contribution < 1.29 is 0 Å². The second-order valence-corrected chi connectivity index (χ2v) is 9.45. The van der Waals surface area contributed by atoms with Crippen LogP contribution in [0.3, 0.4) is 0 Å². The summed E-state index contributed by atoms with van der Waals surface area (Å²) in [5.41, 5.74) is 8.43. The number of para-hydroxylation sites is 3. The van der Waals surface area contributed by atoms with Gasteiger partial charge in [0.25, 0.3) is 0 Å². The van der Waals surface area contributed by atoms with Gasteiger partial charge >= 0.3 is 0 Å². The van der Waals surface area contributed by atoms with Crippen molar-refractivity contribution in [2.45, 2.75) is 19.9 Å². The van der Waals surface area contributed by atoms with Crippen molar-refractivity contribution in [1.82, 2.24) is 4.57 Å². The molecule has 1 aliphatic rings. The molecule has 5 aromatic rings. The van der Waals surface area contributed by atoms with Gasteiger partial charge in [-0.3, -0.25) is 9.56 Å². The fourth-order valence-electron chi connectivity index (χ4n) is 5.14. The Labute approximate surface area is 212 Å². The van der Waals surface area contributed by atoms with E-state index in [0.717, 1.165) is 17.8 Å². The topological polar surface area (TPSA) is 29.3 Å². The number of rotatable bonds is 6. The van der Waals surface area contributed by atoms with Crippen LogP contribution in [-0.4, -0.2) is 10.9 Å². The van der Waals surface area contributed by atoms with E-state index in [2.05, 4.69) is 120 Å². The predicted octanol–water partition coefficient (Wildman–Crippen LogP) is 8.29. The first kappa shape index (κ1) is 22.1. The number of hydrogen-bond donors (Lipinski definition) is 1. The third kappa shape index (κ3) is 4.25. The number of hydrogen-bond acceptors (Lipinski definition) is 2. The maximum atomic E-state index is 4.86. The van der Waals surface area contributed by atoms with Crippen LogP contribution in [0.25, 0.3) is 27.4 Å². The molecule has 0 amide bonds. The van der Waals surface area contributed by atoms with Crippen molar-refractivity contribution in [2.75, 3.05) is 5.32 Å². The highest BCUT2D eigenvalue weighted by atomic mass is 15.0. The molecule has 0 saturated carbocycles. The smallest absolute Gasteiger partial charge is 0.0945 e. The van der Waals surface area contributed by atoms with Gasteiger partial charge in [-0.1, -0.05) is 97.9 Å². The van der Waals surface area contributed by atoms with Crippen LogP contribution >= 0.6 is 0 Å². The number of nitrogens with zero attached hydrogens (tertiary/aromatic N) is 2. The third-order valence-corrected chi connectivity index (χ3v) is 6.87. The minimum atomic E-state index is 0.473. The fourth-order valence-corrected chi connectivity index (χ4v) is 5.14. The van der Waals surface area contributed by atoms with Crippen molar-refractivity contribution in [3.8, 4) is 0 Å². The van der Waals surface area contributed by atoms with Gasteiger partial charge in [-0.05, 0) is 47.8 Å². The summed E-state index contributed by atoms with van der Waals surface area (Å²) < 4.78 is 2.28. The Morgan fingerprint density at radius 2 is 1.56 bits per heavy atom. The monoisotopic (exact) mass is 467 g/mol. The summed E-state index contributed by atoms with van der Waals surface area (Å²) in [6.07, 6.45) is 7.53. The lowest BCUT2D eigenvalue weighted by Gasteiger charge is -2.23. The van der Waals surface area contributed by atoms with Crippen molar-refractivity contribution in [3.05, 3.63) is 132 Å². The van der Waals surface area contributed by atoms with Gasteiger partial charge in [0.2, 0.25) is 0 Å². The maximum absolute atomic E-state index is 4.86. The number of fused-ring (bicyclic) bond motifs is 3. The Balaban J connectivity index is 1.53. The average molecular weight is 468 g/mol. The van der Waals surface area contributed by atoms with E-state index in [9.17, 15) is 0 Å². The Hall–Kier alpha value is -4.37. The number of anilines is 1. The Kier molecular flexibility index (Phi) is 5.96. The molecule has 0 fully saturated rings. The van der Waals surface area contributed by atoms with E-state index in [-0.39, 0.29) is 0 Å². The molecule has 0 bridgehead atoms. The van der Waals surface area contributed by atoms with Crippen LogP contribution in [0.15, 0.2) is 126 Å². The molecule has 3 heteroatoms. The van der Waals surface area contributed by atoms with E-state index >= 15 is 0 Å². The molecule has 4 aromatic carbocycles. The Morgan fingerprint density at radius 1 is 0.833 bits per heavy atom. The summed E-state index contributed by atoms with van der Waals surface area (Å²) >= 11 is 0. The minimum absolute atomic E-state index is 0.473. The summed E-state index contributed by atoms with van der Waals surface area (Å²) in [6.45, 7) is 2.94. The van der Waals surface area contributed by atoms with Gasteiger partial charge in [0.1, 0.15) is 0 Å². The summed E-state index contributed by atoms with van der Waals surface area (Å²) in [6, 6.07) is 36.1. The molecule has 0 spiro atoms. The number of aliphatic imine (C=N–C) groups is 1. The van der Waals surface area contributed by atoms with Crippen LogP contribution in [0.4, 0.5) is 5.69 Å². The molecule has 3 nitrogen and oxygen atoms in total. The molecule has 1 aromatic heterocycles. The van der Waals surface area contributed by atoms with Gasteiger partial charge < -0.3 is 5.32 Å². The second-order valence-electron chi connectivity index (χ2n) is 9.45. The Morgan fingerprint density at radius 3 is 2.39 bits per heavy atom. The van der Waals surface area contributed by atoms with E-state index in [1.165, 1.54) is 38.5 Å². The zero-order valence-electron chi connectivity index (χ0n) is 20.4. The average Bonchev–Trinajstić information content (AvgIpc) is 3.25. The second kappa shape index (κ2) is 9.71. The highest BCUT2D eigenvalue weighted by Crippen LogP contribution is 2.38. The van der Waals surface area contributed by atoms with Gasteiger partial charge in [0.15, 0.2) is 0 Å². The highest BCUT2D eigenvalue weighted by molar-refractivity contribution is 6.14. The van der Waals surface area contributed by atoms with E-state index in [1.54, 1.807) is 0 Å². The third-order valence-electron chi connectivity index (χ3n) is 6.87. The molecule has 36 heavy (non-hydrogen) atoms. The Bertz CT molecular complexity index is 1600. The summed E-state index contributed by atoms with van der Waals surface area (Å²) in [4.78, 5) is 4.86. The van der Waals surface area contributed by atoms with Gasteiger partial charge in [-0.15, -0.1) is 0 Å². The predicted molar refractivity (Wildman–Crippen MR) is 153 cm³/mol. The van der Waals surface area contributed by atoms with Crippen LogP contribution in [0.5, 0.6) is 0 Å². The molecular weight excluding hydrogens is 438 g/mol. The summed E-state index contributed by atoms with van der Waals surface area (Å²) in [5, 5.41) is 6.18. The first-order chi connectivity index (χ1) is 17.8. The molecule has 0 saturated heterocycles. The number of allylic oxidation sites excluding steroid dienone is 3. The van der Waals surface area contributed by atoms with Crippen LogP contribution in [0.2, 0.25) is 0 Å². The van der Waals surface area contributed by atoms with E-state index in [1.807, 2.05) is 18.5 Å². The number of aromatic nitrogens is 1. The van der Waals surface area contributed by atoms with Crippen molar-refractivity contribution >= 4 is 39.4 Å². The SMILES string of the molecule is CC1C=CC(Nc2ccccc2)=C(c2cccc3c4ccccc4n(/C=N/Cc4ccccc4)c23)C1. The molecule has 1 heterocycles. The van der Waals surface area contributed by atoms with Crippen molar-refractivity contribution in [1.29, 1.82) is 0 Å². The molecule has 1 N–H and O–H groups in total. The number of nitrogens with one attached hydrogen (secondary N) is 1. The molecule has 1 unspecified atom stereocenters. The number of benzene rings is 4. The standard InChI is InChI=1S/C33H29N3/c1-24-19-20-31(35-26-13-6-3-7-14-26)30(21-24)29-17-10-16-28-27-15-8-9-18-32(27)36(33(28)29)23-34-22-25-11-4-2-5-12-25/h2-20,23-24,35H,21-22H2,1H3/b34-23+. The molecular formula is C33H29N3. The fraction of sp³-hybridized carbons (Fsp3) is 0.121. The lowest BCUT2D eigenvalue weighted by atomic mass is 9.88. The van der Waals surface area contributed by atoms with Crippen LogP contribution < -0.4 is 5.32 Å². The minimum Gasteiger partial charge on any atom is -0.355 e. The van der Waals surface area contributed by atoms with Crippen molar-refractivity contribution in [3.63, 3.8) is 0 Å². The van der Waals surface area contributed by atoms with E-state index in [4.69, 9.17) is 4.99 Å². The largest absolute Gasteiger partial charge is 0.355 e. The molecule has 0 radical (unpaired) electrons. The molecule has 1 aliphatic carbocycles. The van der Waals surface area contributed by atoms with E-state index < -0.39 is 0 Å².